The van der Waals surface area contributed by atoms with Crippen LogP contribution < -0.4 is 10.1 Å². The van der Waals surface area contributed by atoms with E-state index in [1.54, 1.807) is 46.9 Å². The van der Waals surface area contributed by atoms with Gasteiger partial charge in [-0.3, -0.25) is 4.79 Å². The van der Waals surface area contributed by atoms with Gasteiger partial charge in [-0.2, -0.15) is 13.2 Å². The molecule has 1 aromatic heterocycles. The van der Waals surface area contributed by atoms with Gasteiger partial charge in [0.2, 0.25) is 0 Å². The van der Waals surface area contributed by atoms with Crippen LogP contribution in [-0.4, -0.2) is 45.7 Å². The summed E-state index contributed by atoms with van der Waals surface area (Å²) in [5, 5.41) is 11.3. The number of carbonyl (C=O) groups excluding carboxylic acids is 1. The Hall–Kier alpha value is -3.15. The molecule has 4 rings (SSSR count). The largest absolute Gasteiger partial charge is 0.479 e. The van der Waals surface area contributed by atoms with Crippen LogP contribution in [0, 0.1) is 0 Å². The molecular weight excluding hydrogens is 525 g/mol. The molecule has 0 spiro atoms. The van der Waals surface area contributed by atoms with Crippen molar-refractivity contribution in [3.05, 3.63) is 64.4 Å². The summed E-state index contributed by atoms with van der Waals surface area (Å²) in [5.74, 6) is -0.672. The Labute approximate surface area is 223 Å². The Balaban J connectivity index is 1.58. The standard InChI is InChI=1S/C26H28ClF3N4O4/c1-24(2,23-33-32-21(34(23)5)17-8-6-7-9-19(17)26(28,29)30)38-20-11-10-15(27)12-18(20)22(35)31-13-16-14-36-25(3,4)37-16/h6-12,16H,13-14H2,1-5H3,(H,31,35). The molecule has 1 aliphatic rings. The van der Waals surface area contributed by atoms with Gasteiger partial charge in [0.25, 0.3) is 5.91 Å². The first-order chi connectivity index (χ1) is 17.7. The topological polar surface area (TPSA) is 87.5 Å². The van der Waals surface area contributed by atoms with Gasteiger partial charge in [-0.1, -0.05) is 29.8 Å². The van der Waals surface area contributed by atoms with E-state index in [0.717, 1.165) is 6.07 Å². The SMILES string of the molecule is Cn1c(-c2ccccc2C(F)(F)F)nnc1C(C)(C)Oc1ccc(Cl)cc1C(=O)NCC1COC(C)(C)O1. The van der Waals surface area contributed by atoms with Crippen LogP contribution in [0.15, 0.2) is 42.5 Å². The van der Waals surface area contributed by atoms with Crippen molar-refractivity contribution in [3.8, 4) is 17.1 Å². The number of hydrogen-bond acceptors (Lipinski definition) is 6. The van der Waals surface area contributed by atoms with Crippen LogP contribution in [-0.2, 0) is 28.3 Å². The van der Waals surface area contributed by atoms with E-state index in [-0.39, 0.29) is 41.2 Å². The second-order valence-electron chi connectivity index (χ2n) is 9.86. The van der Waals surface area contributed by atoms with Crippen LogP contribution in [0.2, 0.25) is 5.02 Å². The predicted octanol–water partition coefficient (Wildman–Crippen LogP) is 5.35. The normalized spacial score (nSPS) is 17.4. The highest BCUT2D eigenvalue weighted by atomic mass is 35.5. The molecule has 0 bridgehead atoms. The average Bonchev–Trinajstić information content (AvgIpc) is 3.39. The third-order valence-electron chi connectivity index (χ3n) is 6.00. The summed E-state index contributed by atoms with van der Waals surface area (Å²) in [6.07, 6.45) is -4.88. The fraction of sp³-hybridized carbons (Fsp3) is 0.423. The number of carbonyl (C=O) groups is 1. The van der Waals surface area contributed by atoms with Gasteiger partial charge < -0.3 is 24.1 Å². The Kier molecular flexibility index (Phi) is 7.48. The van der Waals surface area contributed by atoms with E-state index in [4.69, 9.17) is 25.8 Å². The third kappa shape index (κ3) is 5.95. The highest BCUT2D eigenvalue weighted by Gasteiger charge is 2.37. The van der Waals surface area contributed by atoms with E-state index in [9.17, 15) is 18.0 Å². The van der Waals surface area contributed by atoms with Crippen molar-refractivity contribution in [2.75, 3.05) is 13.2 Å². The van der Waals surface area contributed by atoms with Gasteiger partial charge in [0.15, 0.2) is 23.0 Å². The van der Waals surface area contributed by atoms with Crippen LogP contribution in [0.5, 0.6) is 5.75 Å². The molecule has 0 aliphatic carbocycles. The number of nitrogens with one attached hydrogen (secondary N) is 1. The quantitative estimate of drug-likeness (QED) is 0.425. The third-order valence-corrected chi connectivity index (χ3v) is 6.23. The summed E-state index contributed by atoms with van der Waals surface area (Å²) < 4.78 is 59.7. The van der Waals surface area contributed by atoms with Gasteiger partial charge in [-0.15, -0.1) is 10.2 Å². The van der Waals surface area contributed by atoms with Crippen LogP contribution in [0.4, 0.5) is 13.2 Å². The number of hydrogen-bond donors (Lipinski definition) is 1. The monoisotopic (exact) mass is 552 g/mol. The van der Waals surface area contributed by atoms with Crippen molar-refractivity contribution in [1.29, 1.82) is 0 Å². The fourth-order valence-corrected chi connectivity index (χ4v) is 4.44. The number of ether oxygens (including phenoxy) is 3. The second-order valence-corrected chi connectivity index (χ2v) is 10.3. The summed E-state index contributed by atoms with van der Waals surface area (Å²) in [6, 6.07) is 9.74. The van der Waals surface area contributed by atoms with Gasteiger partial charge in [0.1, 0.15) is 11.9 Å². The first kappa shape index (κ1) is 27.9. The van der Waals surface area contributed by atoms with Crippen molar-refractivity contribution < 1.29 is 32.2 Å². The summed E-state index contributed by atoms with van der Waals surface area (Å²) in [7, 11) is 1.56. The van der Waals surface area contributed by atoms with Gasteiger partial charge in [-0.25, -0.2) is 0 Å². The lowest BCUT2D eigenvalue weighted by molar-refractivity contribution is -0.138. The molecule has 1 unspecified atom stereocenters. The molecule has 1 amide bonds. The number of benzene rings is 2. The van der Waals surface area contributed by atoms with Crippen LogP contribution in [0.3, 0.4) is 0 Å². The summed E-state index contributed by atoms with van der Waals surface area (Å²) in [4.78, 5) is 13.1. The van der Waals surface area contributed by atoms with Crippen molar-refractivity contribution in [2.45, 2.75) is 51.4 Å². The van der Waals surface area contributed by atoms with Crippen LogP contribution >= 0.6 is 11.6 Å². The highest BCUT2D eigenvalue weighted by molar-refractivity contribution is 6.31. The zero-order valence-electron chi connectivity index (χ0n) is 21.5. The van der Waals surface area contributed by atoms with Gasteiger partial charge in [0.05, 0.1) is 17.7 Å². The minimum absolute atomic E-state index is 0.0281. The zero-order valence-corrected chi connectivity index (χ0v) is 22.3. The predicted molar refractivity (Wildman–Crippen MR) is 134 cm³/mol. The second kappa shape index (κ2) is 10.2. The lowest BCUT2D eigenvalue weighted by Gasteiger charge is -2.27. The number of amides is 1. The van der Waals surface area contributed by atoms with E-state index in [2.05, 4.69) is 15.5 Å². The molecule has 1 saturated heterocycles. The number of halogens is 4. The van der Waals surface area contributed by atoms with Gasteiger partial charge in [-0.05, 0) is 52.0 Å². The minimum Gasteiger partial charge on any atom is -0.479 e. The Morgan fingerprint density at radius 2 is 1.92 bits per heavy atom. The summed E-state index contributed by atoms with van der Waals surface area (Å²) in [5.41, 5.74) is -1.95. The van der Waals surface area contributed by atoms with E-state index in [1.807, 2.05) is 0 Å². The highest BCUT2D eigenvalue weighted by Crippen LogP contribution is 2.38. The lowest BCUT2D eigenvalue weighted by Crippen LogP contribution is -2.35. The molecule has 0 radical (unpaired) electrons. The molecule has 8 nitrogen and oxygen atoms in total. The van der Waals surface area contributed by atoms with E-state index in [0.29, 0.717) is 11.6 Å². The number of rotatable bonds is 7. The van der Waals surface area contributed by atoms with Gasteiger partial charge >= 0.3 is 6.18 Å². The zero-order chi connectivity index (χ0) is 27.9. The maximum Gasteiger partial charge on any atom is 0.417 e. The molecule has 38 heavy (non-hydrogen) atoms. The number of nitrogens with zero attached hydrogens (tertiary/aromatic N) is 3. The Morgan fingerprint density at radius 3 is 2.58 bits per heavy atom. The molecule has 1 aliphatic heterocycles. The molecular formula is C26H28ClF3N4O4. The molecule has 3 aromatic rings. The van der Waals surface area contributed by atoms with Crippen molar-refractivity contribution >= 4 is 17.5 Å². The average molecular weight is 553 g/mol. The minimum atomic E-state index is -4.56. The Bertz CT molecular complexity index is 1340. The number of aromatic nitrogens is 3. The molecule has 1 N–H and O–H groups in total. The van der Waals surface area contributed by atoms with E-state index < -0.39 is 29.0 Å². The maximum absolute atomic E-state index is 13.6. The molecule has 0 saturated carbocycles. The molecule has 2 aromatic carbocycles. The molecule has 1 atom stereocenters. The molecule has 204 valence electrons. The Morgan fingerprint density at radius 1 is 1.21 bits per heavy atom. The summed E-state index contributed by atoms with van der Waals surface area (Å²) in [6.45, 7) is 7.49. The fourth-order valence-electron chi connectivity index (χ4n) is 4.27. The number of alkyl halides is 3. The van der Waals surface area contributed by atoms with Crippen molar-refractivity contribution in [3.63, 3.8) is 0 Å². The maximum atomic E-state index is 13.6. The molecule has 1 fully saturated rings. The van der Waals surface area contributed by atoms with E-state index >= 15 is 0 Å². The summed E-state index contributed by atoms with van der Waals surface area (Å²) >= 11 is 6.16. The smallest absolute Gasteiger partial charge is 0.417 e. The lowest BCUT2D eigenvalue weighted by atomic mass is 10.1. The molecule has 12 heteroatoms. The van der Waals surface area contributed by atoms with Crippen LogP contribution in [0.1, 0.15) is 49.4 Å². The molecule has 2 heterocycles. The van der Waals surface area contributed by atoms with Crippen LogP contribution in [0.25, 0.3) is 11.4 Å². The van der Waals surface area contributed by atoms with Gasteiger partial charge in [0, 0.05) is 24.2 Å². The first-order valence-electron chi connectivity index (χ1n) is 11.8. The van der Waals surface area contributed by atoms with Crippen molar-refractivity contribution in [2.24, 2.45) is 7.05 Å². The van der Waals surface area contributed by atoms with Crippen molar-refractivity contribution in [1.82, 2.24) is 20.1 Å². The first-order valence-corrected chi connectivity index (χ1v) is 12.2. The van der Waals surface area contributed by atoms with E-state index in [1.165, 1.54) is 28.8 Å².